The maximum atomic E-state index is 12.3. The summed E-state index contributed by atoms with van der Waals surface area (Å²) in [5.41, 5.74) is 7.35. The van der Waals surface area contributed by atoms with Crippen LogP contribution in [0.5, 0.6) is 0 Å². The Morgan fingerprint density at radius 2 is 2.06 bits per heavy atom. The van der Waals surface area contributed by atoms with E-state index in [1.54, 1.807) is 6.20 Å². The number of nitrogens with zero attached hydrogens (tertiary/aromatic N) is 5. The molecular formula is C20H24ClF2N7O. The summed E-state index contributed by atoms with van der Waals surface area (Å²) in [6.07, 6.45) is 3.69. The third kappa shape index (κ3) is 4.70. The van der Waals surface area contributed by atoms with Gasteiger partial charge in [0.2, 0.25) is 5.95 Å². The van der Waals surface area contributed by atoms with E-state index < -0.39 is 6.55 Å². The van der Waals surface area contributed by atoms with Crippen LogP contribution in [0.3, 0.4) is 0 Å². The van der Waals surface area contributed by atoms with Gasteiger partial charge in [0, 0.05) is 44.0 Å². The second-order valence-corrected chi connectivity index (χ2v) is 8.23. The Morgan fingerprint density at radius 3 is 2.68 bits per heavy atom. The van der Waals surface area contributed by atoms with Crippen LogP contribution in [-0.2, 0) is 4.74 Å². The fourth-order valence-corrected chi connectivity index (χ4v) is 4.08. The number of rotatable bonds is 6. The van der Waals surface area contributed by atoms with Gasteiger partial charge in [0.05, 0.1) is 46.9 Å². The van der Waals surface area contributed by atoms with Gasteiger partial charge in [-0.2, -0.15) is 8.78 Å². The topological polar surface area (TPSA) is 91.9 Å². The highest BCUT2D eigenvalue weighted by Gasteiger charge is 2.40. The van der Waals surface area contributed by atoms with Crippen molar-refractivity contribution in [3.63, 3.8) is 0 Å². The smallest absolute Gasteiger partial charge is 0.331 e. The SMILES string of the molecule is CC1(N2CCN(c3cc4nc(NC(/C=N/C(F)F)=C/N)ncc4cc3Cl)CC2)COC1. The van der Waals surface area contributed by atoms with E-state index >= 15 is 0 Å². The molecule has 0 atom stereocenters. The van der Waals surface area contributed by atoms with E-state index in [9.17, 15) is 8.78 Å². The number of piperazine rings is 1. The van der Waals surface area contributed by atoms with Gasteiger partial charge in [0.15, 0.2) is 0 Å². The normalized spacial score (nSPS) is 19.9. The highest BCUT2D eigenvalue weighted by molar-refractivity contribution is 6.34. The van der Waals surface area contributed by atoms with Crippen molar-refractivity contribution >= 4 is 40.4 Å². The molecule has 1 aromatic carbocycles. The predicted molar refractivity (Wildman–Crippen MR) is 118 cm³/mol. The van der Waals surface area contributed by atoms with Gasteiger partial charge in [0.1, 0.15) is 0 Å². The summed E-state index contributed by atoms with van der Waals surface area (Å²) < 4.78 is 30.0. The van der Waals surface area contributed by atoms with E-state index in [0.717, 1.165) is 62.9 Å². The highest BCUT2D eigenvalue weighted by Crippen LogP contribution is 2.33. The lowest BCUT2D eigenvalue weighted by atomic mass is 9.97. The summed E-state index contributed by atoms with van der Waals surface area (Å²) in [5, 5.41) is 4.20. The molecule has 1 aromatic heterocycles. The minimum atomic E-state index is -2.82. The van der Waals surface area contributed by atoms with Gasteiger partial charge < -0.3 is 20.7 Å². The van der Waals surface area contributed by atoms with Crippen LogP contribution in [0.1, 0.15) is 6.92 Å². The molecule has 2 aromatic rings. The van der Waals surface area contributed by atoms with Gasteiger partial charge in [-0.3, -0.25) is 4.90 Å². The van der Waals surface area contributed by atoms with Crippen molar-refractivity contribution in [3.8, 4) is 0 Å². The molecular weight excluding hydrogens is 428 g/mol. The first-order valence-electron chi connectivity index (χ1n) is 9.92. The van der Waals surface area contributed by atoms with Gasteiger partial charge in [-0.15, -0.1) is 0 Å². The molecule has 11 heteroatoms. The lowest BCUT2D eigenvalue weighted by Crippen LogP contribution is -2.64. The van der Waals surface area contributed by atoms with Gasteiger partial charge >= 0.3 is 6.55 Å². The molecule has 0 unspecified atom stereocenters. The third-order valence-corrected chi connectivity index (χ3v) is 5.92. The Labute approximate surface area is 183 Å². The van der Waals surface area contributed by atoms with Gasteiger partial charge in [0.25, 0.3) is 0 Å². The van der Waals surface area contributed by atoms with E-state index in [1.807, 2.05) is 12.1 Å². The van der Waals surface area contributed by atoms with E-state index in [-0.39, 0.29) is 17.2 Å². The number of benzene rings is 1. The van der Waals surface area contributed by atoms with Crippen LogP contribution in [0.2, 0.25) is 5.02 Å². The summed E-state index contributed by atoms with van der Waals surface area (Å²) in [4.78, 5) is 16.4. The van der Waals surface area contributed by atoms with Crippen LogP contribution in [-0.4, -0.2) is 72.6 Å². The van der Waals surface area contributed by atoms with Crippen LogP contribution in [0.4, 0.5) is 20.4 Å². The molecule has 3 heterocycles. The average Bonchev–Trinajstić information content (AvgIpc) is 2.74. The minimum absolute atomic E-state index is 0.134. The van der Waals surface area contributed by atoms with Crippen molar-refractivity contribution < 1.29 is 13.5 Å². The quantitative estimate of drug-likeness (QED) is 0.515. The third-order valence-electron chi connectivity index (χ3n) is 5.62. The largest absolute Gasteiger partial charge is 0.403 e. The van der Waals surface area contributed by atoms with E-state index in [1.165, 1.54) is 0 Å². The lowest BCUT2D eigenvalue weighted by Gasteiger charge is -2.50. The first-order chi connectivity index (χ1) is 14.9. The highest BCUT2D eigenvalue weighted by atomic mass is 35.5. The van der Waals surface area contributed by atoms with Crippen LogP contribution in [0.25, 0.3) is 10.9 Å². The van der Waals surface area contributed by atoms with Crippen LogP contribution in [0.15, 0.2) is 35.2 Å². The summed E-state index contributed by atoms with van der Waals surface area (Å²) in [7, 11) is 0. The molecule has 2 aliphatic rings. The molecule has 2 aliphatic heterocycles. The molecule has 3 N–H and O–H groups in total. The number of hydrogen-bond acceptors (Lipinski definition) is 8. The molecule has 31 heavy (non-hydrogen) atoms. The van der Waals surface area contributed by atoms with Crippen LogP contribution >= 0.6 is 11.6 Å². The van der Waals surface area contributed by atoms with Crippen molar-refractivity contribution in [2.24, 2.45) is 10.7 Å². The monoisotopic (exact) mass is 451 g/mol. The van der Waals surface area contributed by atoms with Crippen molar-refractivity contribution in [1.82, 2.24) is 14.9 Å². The fourth-order valence-electron chi connectivity index (χ4n) is 3.79. The zero-order valence-corrected chi connectivity index (χ0v) is 17.8. The summed E-state index contributed by atoms with van der Waals surface area (Å²) in [5.74, 6) is 0.223. The number of nitrogens with two attached hydrogens (primary N) is 1. The molecule has 0 bridgehead atoms. The Morgan fingerprint density at radius 1 is 1.32 bits per heavy atom. The molecule has 166 valence electrons. The Hall–Kier alpha value is -2.56. The van der Waals surface area contributed by atoms with Gasteiger partial charge in [-0.1, -0.05) is 11.6 Å². The number of halogens is 3. The number of fused-ring (bicyclic) bond motifs is 1. The molecule has 2 fully saturated rings. The van der Waals surface area contributed by atoms with Crippen molar-refractivity contribution in [2.45, 2.75) is 19.0 Å². The number of anilines is 2. The van der Waals surface area contributed by atoms with E-state index in [4.69, 9.17) is 22.1 Å². The zero-order chi connectivity index (χ0) is 22.0. The number of ether oxygens (including phenoxy) is 1. The van der Waals surface area contributed by atoms with Crippen LogP contribution < -0.4 is 16.0 Å². The lowest BCUT2D eigenvalue weighted by molar-refractivity contribution is -0.131. The maximum Gasteiger partial charge on any atom is 0.331 e. The Balaban J connectivity index is 1.52. The summed E-state index contributed by atoms with van der Waals surface area (Å²) >= 11 is 6.56. The summed E-state index contributed by atoms with van der Waals surface area (Å²) in [6, 6.07) is 3.76. The summed E-state index contributed by atoms with van der Waals surface area (Å²) in [6.45, 7) is 4.52. The van der Waals surface area contributed by atoms with E-state index in [0.29, 0.717) is 10.5 Å². The van der Waals surface area contributed by atoms with Crippen molar-refractivity contribution in [2.75, 3.05) is 49.6 Å². The number of hydrogen-bond donors (Lipinski definition) is 2. The molecule has 0 radical (unpaired) electrons. The zero-order valence-electron chi connectivity index (χ0n) is 17.1. The number of aromatic nitrogens is 2. The number of alkyl halides is 2. The number of nitrogens with one attached hydrogen (secondary N) is 1. The predicted octanol–water partition coefficient (Wildman–Crippen LogP) is 2.70. The first kappa shape index (κ1) is 21.7. The Kier molecular flexibility index (Phi) is 6.22. The molecule has 8 nitrogen and oxygen atoms in total. The van der Waals surface area contributed by atoms with Crippen LogP contribution in [0, 0.1) is 0 Å². The first-order valence-corrected chi connectivity index (χ1v) is 10.3. The molecule has 0 aliphatic carbocycles. The second-order valence-electron chi connectivity index (χ2n) is 7.82. The standard InChI is InChI=1S/C20H24ClF2N7O/c1-20(11-31-12-20)30-4-2-29(3-5-30)17-7-16-13(6-15(17)21)9-26-19(28-16)27-14(8-24)10-25-18(22)23/h6-10,18H,2-5,11-12,24H2,1H3,(H,26,27,28)/b14-8+,25-10+. The number of allylic oxidation sites excluding steroid dienone is 1. The molecule has 0 spiro atoms. The van der Waals surface area contributed by atoms with Gasteiger partial charge in [-0.25, -0.2) is 15.0 Å². The molecule has 0 saturated carbocycles. The Bertz CT molecular complexity index is 1000. The van der Waals surface area contributed by atoms with Gasteiger partial charge in [-0.05, 0) is 19.1 Å². The molecule has 2 saturated heterocycles. The minimum Gasteiger partial charge on any atom is -0.403 e. The molecule has 4 rings (SSSR count). The maximum absolute atomic E-state index is 12.3. The average molecular weight is 452 g/mol. The second kappa shape index (κ2) is 8.89. The van der Waals surface area contributed by atoms with Crippen molar-refractivity contribution in [1.29, 1.82) is 0 Å². The number of aliphatic imine (C=N–C) groups is 1. The van der Waals surface area contributed by atoms with Crippen molar-refractivity contribution in [3.05, 3.63) is 35.2 Å². The fraction of sp³-hybridized carbons (Fsp3) is 0.450. The molecule has 0 amide bonds. The van der Waals surface area contributed by atoms with E-state index in [2.05, 4.69) is 37.0 Å².